The van der Waals surface area contributed by atoms with Crippen LogP contribution in [0.2, 0.25) is 0 Å². The number of hydrogen-bond acceptors (Lipinski definition) is 6. The molecule has 186 valence electrons. The maximum atomic E-state index is 13.6. The molecule has 1 saturated heterocycles. The Hall–Kier alpha value is -3.56. The zero-order valence-electron chi connectivity index (χ0n) is 20.0. The van der Waals surface area contributed by atoms with Gasteiger partial charge in [-0.25, -0.2) is 4.98 Å². The molecule has 4 aromatic rings. The lowest BCUT2D eigenvalue weighted by molar-refractivity contribution is -0.119. The first kappa shape index (κ1) is 24.1. The zero-order valence-corrected chi connectivity index (χ0v) is 20.8. The van der Waals surface area contributed by atoms with E-state index >= 15 is 0 Å². The Morgan fingerprint density at radius 2 is 2.11 bits per heavy atom. The standard InChI is InChI=1S/C27H28N4O4S/c1-34-20-10-5-7-18(13-20)16-31-26(33)25-24(22(15-29-25)19-8-3-2-4-9-19)30-27(31)36-17-23(32)28-14-21-11-6-12-35-21/h2-5,7-10,13,15,21,29H,6,11-12,14,16-17H2,1H3,(H,28,32)/t21-/m1/s1. The smallest absolute Gasteiger partial charge is 0.278 e. The van der Waals surface area contributed by atoms with Gasteiger partial charge in [0.15, 0.2) is 5.16 Å². The summed E-state index contributed by atoms with van der Waals surface area (Å²) in [5.41, 5.74) is 3.55. The fourth-order valence-corrected chi connectivity index (χ4v) is 5.15. The van der Waals surface area contributed by atoms with E-state index in [1.165, 1.54) is 11.8 Å². The van der Waals surface area contributed by atoms with Crippen LogP contribution >= 0.6 is 11.8 Å². The van der Waals surface area contributed by atoms with E-state index in [0.29, 0.717) is 35.0 Å². The van der Waals surface area contributed by atoms with Crippen molar-refractivity contribution in [3.8, 4) is 16.9 Å². The van der Waals surface area contributed by atoms with Gasteiger partial charge in [-0.15, -0.1) is 0 Å². The number of methoxy groups -OCH3 is 1. The Bertz CT molecular complexity index is 1410. The van der Waals surface area contributed by atoms with Gasteiger partial charge in [0.1, 0.15) is 16.8 Å². The number of ether oxygens (including phenoxy) is 2. The molecule has 1 aliphatic rings. The van der Waals surface area contributed by atoms with Gasteiger partial charge < -0.3 is 19.8 Å². The van der Waals surface area contributed by atoms with Gasteiger partial charge in [-0.05, 0) is 36.1 Å². The van der Waals surface area contributed by atoms with Gasteiger partial charge in [0, 0.05) is 24.9 Å². The molecule has 9 heteroatoms. The summed E-state index contributed by atoms with van der Waals surface area (Å²) in [5.74, 6) is 0.743. The molecule has 36 heavy (non-hydrogen) atoms. The molecule has 3 heterocycles. The molecule has 0 unspecified atom stereocenters. The van der Waals surface area contributed by atoms with E-state index in [2.05, 4.69) is 10.3 Å². The Morgan fingerprint density at radius 3 is 2.89 bits per heavy atom. The molecule has 1 aliphatic heterocycles. The summed E-state index contributed by atoms with van der Waals surface area (Å²) in [5, 5.41) is 3.43. The van der Waals surface area contributed by atoms with Gasteiger partial charge in [0.2, 0.25) is 5.91 Å². The number of nitrogens with zero attached hydrogens (tertiary/aromatic N) is 2. The number of nitrogens with one attached hydrogen (secondary N) is 2. The van der Waals surface area contributed by atoms with Crippen molar-refractivity contribution in [1.29, 1.82) is 0 Å². The number of thioether (sulfide) groups is 1. The first-order valence-electron chi connectivity index (χ1n) is 11.9. The van der Waals surface area contributed by atoms with Crippen LogP contribution in [0.4, 0.5) is 0 Å². The first-order valence-corrected chi connectivity index (χ1v) is 12.9. The molecule has 0 spiro atoms. The molecule has 0 saturated carbocycles. The molecular weight excluding hydrogens is 476 g/mol. The summed E-state index contributed by atoms with van der Waals surface area (Å²) >= 11 is 1.26. The van der Waals surface area contributed by atoms with Crippen molar-refractivity contribution < 1.29 is 14.3 Å². The van der Waals surface area contributed by atoms with Crippen LogP contribution in [0.15, 0.2) is 70.7 Å². The van der Waals surface area contributed by atoms with Crippen molar-refractivity contribution in [3.63, 3.8) is 0 Å². The van der Waals surface area contributed by atoms with Crippen LogP contribution in [0.1, 0.15) is 18.4 Å². The number of carbonyl (C=O) groups is 1. The second-order valence-corrected chi connectivity index (χ2v) is 9.60. The fraction of sp³-hybridized carbons (Fsp3) is 0.296. The van der Waals surface area contributed by atoms with Crippen molar-refractivity contribution in [2.45, 2.75) is 30.6 Å². The third-order valence-corrected chi connectivity index (χ3v) is 7.17. The monoisotopic (exact) mass is 504 g/mol. The molecule has 2 aromatic heterocycles. The number of carbonyl (C=O) groups excluding carboxylic acids is 1. The predicted molar refractivity (Wildman–Crippen MR) is 141 cm³/mol. The highest BCUT2D eigenvalue weighted by Gasteiger charge is 2.19. The Morgan fingerprint density at radius 1 is 1.25 bits per heavy atom. The topological polar surface area (TPSA) is 98.2 Å². The summed E-state index contributed by atoms with van der Waals surface area (Å²) in [4.78, 5) is 34.2. The average Bonchev–Trinajstić information content (AvgIpc) is 3.59. The van der Waals surface area contributed by atoms with Gasteiger partial charge in [0.25, 0.3) is 5.56 Å². The molecule has 0 bridgehead atoms. The molecule has 2 N–H and O–H groups in total. The average molecular weight is 505 g/mol. The molecular formula is C27H28N4O4S. The molecule has 5 rings (SSSR count). The maximum Gasteiger partial charge on any atom is 0.278 e. The summed E-state index contributed by atoms with van der Waals surface area (Å²) in [6.07, 6.45) is 3.87. The third-order valence-electron chi connectivity index (χ3n) is 6.19. The Balaban J connectivity index is 1.47. The van der Waals surface area contributed by atoms with Crippen molar-refractivity contribution in [3.05, 3.63) is 76.7 Å². The molecule has 1 atom stereocenters. The lowest BCUT2D eigenvalue weighted by Crippen LogP contribution is -2.33. The zero-order chi connectivity index (χ0) is 24.9. The number of amides is 1. The molecule has 0 aliphatic carbocycles. The first-order chi connectivity index (χ1) is 17.6. The van der Waals surface area contributed by atoms with E-state index < -0.39 is 0 Å². The minimum atomic E-state index is -0.188. The summed E-state index contributed by atoms with van der Waals surface area (Å²) in [7, 11) is 1.61. The Labute approximate surface area is 213 Å². The molecule has 1 amide bonds. The summed E-state index contributed by atoms with van der Waals surface area (Å²) in [6.45, 7) is 1.55. The van der Waals surface area contributed by atoms with Gasteiger partial charge in [-0.1, -0.05) is 54.2 Å². The van der Waals surface area contributed by atoms with Gasteiger partial charge >= 0.3 is 0 Å². The Kier molecular flexibility index (Phi) is 7.39. The van der Waals surface area contributed by atoms with Crippen LogP contribution in [-0.2, 0) is 16.1 Å². The van der Waals surface area contributed by atoms with Crippen LogP contribution < -0.4 is 15.6 Å². The van der Waals surface area contributed by atoms with Crippen LogP contribution in [0.5, 0.6) is 5.75 Å². The lowest BCUT2D eigenvalue weighted by atomic mass is 10.1. The van der Waals surface area contributed by atoms with Crippen LogP contribution in [0.25, 0.3) is 22.2 Å². The normalized spacial score (nSPS) is 15.3. The van der Waals surface area contributed by atoms with Crippen molar-refractivity contribution >= 4 is 28.7 Å². The fourth-order valence-electron chi connectivity index (χ4n) is 4.33. The number of H-pyrrole nitrogens is 1. The van der Waals surface area contributed by atoms with Crippen molar-refractivity contribution in [2.24, 2.45) is 0 Å². The minimum absolute atomic E-state index is 0.0768. The van der Waals surface area contributed by atoms with Crippen LogP contribution in [-0.4, -0.2) is 52.6 Å². The van der Waals surface area contributed by atoms with Gasteiger partial charge in [0.05, 0.1) is 25.5 Å². The highest BCUT2D eigenvalue weighted by molar-refractivity contribution is 7.99. The summed E-state index contributed by atoms with van der Waals surface area (Å²) in [6, 6.07) is 17.4. The molecule has 2 aromatic carbocycles. The van der Waals surface area contributed by atoms with E-state index in [4.69, 9.17) is 14.5 Å². The number of aromatic amines is 1. The van der Waals surface area contributed by atoms with E-state index in [1.807, 2.05) is 60.8 Å². The van der Waals surface area contributed by atoms with E-state index in [-0.39, 0.29) is 23.3 Å². The molecule has 1 fully saturated rings. The number of aromatic nitrogens is 3. The minimum Gasteiger partial charge on any atom is -0.497 e. The van der Waals surface area contributed by atoms with E-state index in [1.54, 1.807) is 11.7 Å². The number of fused-ring (bicyclic) bond motifs is 1. The van der Waals surface area contributed by atoms with Gasteiger partial charge in [-0.2, -0.15) is 0 Å². The predicted octanol–water partition coefficient (Wildman–Crippen LogP) is 3.84. The second-order valence-electron chi connectivity index (χ2n) is 8.66. The van der Waals surface area contributed by atoms with E-state index in [0.717, 1.165) is 36.1 Å². The van der Waals surface area contributed by atoms with Crippen molar-refractivity contribution in [1.82, 2.24) is 19.9 Å². The highest BCUT2D eigenvalue weighted by atomic mass is 32.2. The van der Waals surface area contributed by atoms with Crippen LogP contribution in [0.3, 0.4) is 0 Å². The third kappa shape index (κ3) is 5.32. The largest absolute Gasteiger partial charge is 0.497 e. The number of benzene rings is 2. The quantitative estimate of drug-likeness (QED) is 0.266. The van der Waals surface area contributed by atoms with E-state index in [9.17, 15) is 9.59 Å². The lowest BCUT2D eigenvalue weighted by Gasteiger charge is -2.14. The number of rotatable bonds is 9. The maximum absolute atomic E-state index is 13.6. The van der Waals surface area contributed by atoms with Crippen molar-refractivity contribution in [2.75, 3.05) is 26.0 Å². The highest BCUT2D eigenvalue weighted by Crippen LogP contribution is 2.28. The summed E-state index contributed by atoms with van der Waals surface area (Å²) < 4.78 is 12.5. The second kappa shape index (κ2) is 11.0. The number of hydrogen-bond donors (Lipinski definition) is 2. The molecule has 8 nitrogen and oxygen atoms in total. The SMILES string of the molecule is COc1cccc(Cn2c(SCC(=O)NC[C@H]3CCCO3)nc3c(-c4ccccc4)c[nH]c3c2=O)c1. The van der Waals surface area contributed by atoms with Crippen LogP contribution in [0, 0.1) is 0 Å². The molecule has 0 radical (unpaired) electrons. The van der Waals surface area contributed by atoms with Gasteiger partial charge in [-0.3, -0.25) is 14.2 Å².